The molecule has 1 fully saturated rings. The molecular formula is C13H18ClNOS. The molecule has 0 bridgehead atoms. The van der Waals surface area contributed by atoms with E-state index in [0.29, 0.717) is 5.25 Å². The molecule has 0 atom stereocenters. The number of halogens is 1. The van der Waals surface area contributed by atoms with Gasteiger partial charge in [-0.15, -0.1) is 11.8 Å². The van der Waals surface area contributed by atoms with Gasteiger partial charge in [0, 0.05) is 34.9 Å². The van der Waals surface area contributed by atoms with Crippen LogP contribution in [0.5, 0.6) is 0 Å². The summed E-state index contributed by atoms with van der Waals surface area (Å²) < 4.78 is 5.39. The van der Waals surface area contributed by atoms with E-state index in [1.54, 1.807) is 0 Å². The van der Waals surface area contributed by atoms with Crippen LogP contribution in [0.2, 0.25) is 5.02 Å². The van der Waals surface area contributed by atoms with E-state index in [9.17, 15) is 0 Å². The van der Waals surface area contributed by atoms with Gasteiger partial charge in [0.2, 0.25) is 0 Å². The van der Waals surface area contributed by atoms with Gasteiger partial charge in [-0.1, -0.05) is 17.7 Å². The molecule has 0 saturated carbocycles. The van der Waals surface area contributed by atoms with Crippen molar-refractivity contribution in [3.05, 3.63) is 28.8 Å². The fourth-order valence-corrected chi connectivity index (χ4v) is 3.54. The average Bonchev–Trinajstić information content (AvgIpc) is 2.35. The Hall–Kier alpha value is -0.220. The number of rotatable bonds is 4. The van der Waals surface area contributed by atoms with Crippen LogP contribution in [0.25, 0.3) is 0 Å². The zero-order chi connectivity index (χ0) is 12.1. The van der Waals surface area contributed by atoms with Gasteiger partial charge in [0.1, 0.15) is 0 Å². The van der Waals surface area contributed by atoms with Crippen molar-refractivity contribution in [3.8, 4) is 0 Å². The molecule has 2 rings (SSSR count). The van der Waals surface area contributed by atoms with Crippen molar-refractivity contribution in [1.82, 2.24) is 5.32 Å². The van der Waals surface area contributed by atoms with Gasteiger partial charge in [-0.3, -0.25) is 0 Å². The smallest absolute Gasteiger partial charge is 0.0476 e. The summed E-state index contributed by atoms with van der Waals surface area (Å²) in [5.74, 6) is 0. The molecule has 1 saturated heterocycles. The number of thioether (sulfide) groups is 1. The van der Waals surface area contributed by atoms with Crippen LogP contribution in [0.1, 0.15) is 18.4 Å². The van der Waals surface area contributed by atoms with Gasteiger partial charge < -0.3 is 10.1 Å². The van der Waals surface area contributed by atoms with Crippen LogP contribution >= 0.6 is 23.4 Å². The fraction of sp³-hybridized carbons (Fsp3) is 0.538. The first kappa shape index (κ1) is 13.2. The van der Waals surface area contributed by atoms with E-state index in [2.05, 4.69) is 11.4 Å². The quantitative estimate of drug-likeness (QED) is 0.908. The monoisotopic (exact) mass is 271 g/mol. The third kappa shape index (κ3) is 3.62. The van der Waals surface area contributed by atoms with Crippen LogP contribution in [0.3, 0.4) is 0 Å². The van der Waals surface area contributed by atoms with E-state index in [1.165, 1.54) is 10.5 Å². The molecule has 1 aliphatic heterocycles. The van der Waals surface area contributed by atoms with Gasteiger partial charge in [0.25, 0.3) is 0 Å². The van der Waals surface area contributed by atoms with E-state index in [4.69, 9.17) is 16.3 Å². The second-order valence-corrected chi connectivity index (χ2v) is 5.93. The number of hydrogen-bond acceptors (Lipinski definition) is 3. The number of hydrogen-bond donors (Lipinski definition) is 1. The molecule has 0 aromatic heterocycles. The van der Waals surface area contributed by atoms with E-state index < -0.39 is 0 Å². The molecule has 0 spiro atoms. The minimum Gasteiger partial charge on any atom is -0.381 e. The Morgan fingerprint density at radius 3 is 2.88 bits per heavy atom. The Balaban J connectivity index is 2.10. The molecule has 2 nitrogen and oxygen atoms in total. The van der Waals surface area contributed by atoms with E-state index in [1.807, 2.05) is 30.9 Å². The lowest BCUT2D eigenvalue weighted by atomic mass is 10.2. The van der Waals surface area contributed by atoms with E-state index in [0.717, 1.165) is 37.6 Å². The lowest BCUT2D eigenvalue weighted by Gasteiger charge is -2.22. The van der Waals surface area contributed by atoms with Gasteiger partial charge in [-0.05, 0) is 37.6 Å². The Kier molecular flexibility index (Phi) is 5.16. The van der Waals surface area contributed by atoms with Crippen LogP contribution in [0.4, 0.5) is 0 Å². The number of nitrogens with one attached hydrogen (secondary N) is 1. The molecule has 0 aliphatic carbocycles. The highest BCUT2D eigenvalue weighted by atomic mass is 35.5. The van der Waals surface area contributed by atoms with Gasteiger partial charge in [-0.2, -0.15) is 0 Å². The van der Waals surface area contributed by atoms with E-state index in [-0.39, 0.29) is 0 Å². The second-order valence-electron chi connectivity index (χ2n) is 4.18. The molecule has 0 amide bonds. The van der Waals surface area contributed by atoms with Gasteiger partial charge in [0.05, 0.1) is 0 Å². The second kappa shape index (κ2) is 6.64. The van der Waals surface area contributed by atoms with Crippen LogP contribution in [0, 0.1) is 0 Å². The molecule has 17 heavy (non-hydrogen) atoms. The Morgan fingerprint density at radius 1 is 1.41 bits per heavy atom. The first-order valence-electron chi connectivity index (χ1n) is 5.97. The third-order valence-electron chi connectivity index (χ3n) is 2.89. The molecule has 0 unspecified atom stereocenters. The van der Waals surface area contributed by atoms with Crippen LogP contribution in [-0.4, -0.2) is 25.5 Å². The average molecular weight is 272 g/mol. The van der Waals surface area contributed by atoms with Gasteiger partial charge in [0.15, 0.2) is 0 Å². The SMILES string of the molecule is CNCc1c(Cl)cccc1SC1CCOCC1. The largest absolute Gasteiger partial charge is 0.381 e. The predicted molar refractivity (Wildman–Crippen MR) is 73.9 cm³/mol. The van der Waals surface area contributed by atoms with Crippen molar-refractivity contribution in [2.24, 2.45) is 0 Å². The highest BCUT2D eigenvalue weighted by Gasteiger charge is 2.17. The zero-order valence-corrected chi connectivity index (χ0v) is 11.6. The van der Waals surface area contributed by atoms with Gasteiger partial charge >= 0.3 is 0 Å². The minimum absolute atomic E-state index is 0.665. The van der Waals surface area contributed by atoms with Crippen LogP contribution in [0.15, 0.2) is 23.1 Å². The number of benzene rings is 1. The first-order valence-corrected chi connectivity index (χ1v) is 7.23. The lowest BCUT2D eigenvalue weighted by molar-refractivity contribution is 0.1000. The van der Waals surface area contributed by atoms with Crippen LogP contribution < -0.4 is 5.32 Å². The van der Waals surface area contributed by atoms with Crippen molar-refractivity contribution >= 4 is 23.4 Å². The Bertz CT molecular complexity index is 366. The summed E-state index contributed by atoms with van der Waals surface area (Å²) >= 11 is 8.19. The predicted octanol–water partition coefficient (Wildman–Crippen LogP) is 3.33. The molecule has 1 N–H and O–H groups in total. The van der Waals surface area contributed by atoms with Gasteiger partial charge in [-0.25, -0.2) is 0 Å². The molecular weight excluding hydrogens is 254 g/mol. The summed E-state index contributed by atoms with van der Waals surface area (Å²) in [6.45, 7) is 2.60. The molecule has 4 heteroatoms. The molecule has 94 valence electrons. The topological polar surface area (TPSA) is 21.3 Å². The summed E-state index contributed by atoms with van der Waals surface area (Å²) in [4.78, 5) is 1.30. The Labute approximate surface area is 112 Å². The highest BCUT2D eigenvalue weighted by Crippen LogP contribution is 2.34. The first-order chi connectivity index (χ1) is 8.31. The molecule has 1 heterocycles. The molecule has 1 aromatic carbocycles. The lowest BCUT2D eigenvalue weighted by Crippen LogP contribution is -2.17. The maximum absolute atomic E-state index is 6.25. The summed E-state index contributed by atoms with van der Waals surface area (Å²) in [5.41, 5.74) is 1.22. The third-order valence-corrected chi connectivity index (χ3v) is 4.69. The maximum Gasteiger partial charge on any atom is 0.0476 e. The zero-order valence-electron chi connectivity index (χ0n) is 10.0. The standard InChI is InChI=1S/C13H18ClNOS/c1-15-9-11-12(14)3-2-4-13(11)17-10-5-7-16-8-6-10/h2-4,10,15H,5-9H2,1H3. The van der Waals surface area contributed by atoms with Crippen molar-refractivity contribution in [2.75, 3.05) is 20.3 Å². The fourth-order valence-electron chi connectivity index (χ4n) is 1.97. The Morgan fingerprint density at radius 2 is 2.18 bits per heavy atom. The van der Waals surface area contributed by atoms with Crippen molar-refractivity contribution in [3.63, 3.8) is 0 Å². The molecule has 1 aromatic rings. The van der Waals surface area contributed by atoms with Crippen LogP contribution in [-0.2, 0) is 11.3 Å². The summed E-state index contributed by atoms with van der Waals surface area (Å²) in [7, 11) is 1.95. The maximum atomic E-state index is 6.25. The highest BCUT2D eigenvalue weighted by molar-refractivity contribution is 8.00. The van der Waals surface area contributed by atoms with Crippen molar-refractivity contribution in [2.45, 2.75) is 29.5 Å². The number of ether oxygens (including phenoxy) is 1. The summed E-state index contributed by atoms with van der Waals surface area (Å²) in [6, 6.07) is 6.16. The summed E-state index contributed by atoms with van der Waals surface area (Å²) in [5, 5.41) is 4.70. The molecule has 1 aliphatic rings. The van der Waals surface area contributed by atoms with E-state index >= 15 is 0 Å². The minimum atomic E-state index is 0.665. The van der Waals surface area contributed by atoms with Crippen molar-refractivity contribution in [1.29, 1.82) is 0 Å². The normalized spacial score (nSPS) is 17.3. The van der Waals surface area contributed by atoms with Crippen molar-refractivity contribution < 1.29 is 4.74 Å². The molecule has 0 radical (unpaired) electrons. The summed E-state index contributed by atoms with van der Waals surface area (Å²) in [6.07, 6.45) is 2.27.